The molecule has 7 heteroatoms. The highest BCUT2D eigenvalue weighted by Gasteiger charge is 2.42. The molecule has 172 valence electrons. The van der Waals surface area contributed by atoms with Crippen LogP contribution in [0.3, 0.4) is 0 Å². The molecule has 34 heavy (non-hydrogen) atoms. The van der Waals surface area contributed by atoms with Crippen molar-refractivity contribution in [3.8, 4) is 11.5 Å². The van der Waals surface area contributed by atoms with Crippen molar-refractivity contribution in [3.63, 3.8) is 0 Å². The fourth-order valence-electron chi connectivity index (χ4n) is 4.25. The molecule has 1 aliphatic rings. The summed E-state index contributed by atoms with van der Waals surface area (Å²) in [5.41, 5.74) is 0.713. The fourth-order valence-corrected chi connectivity index (χ4v) is 4.25. The number of carbonyl (C=O) groups is 1. The minimum atomic E-state index is -0.675. The smallest absolute Gasteiger partial charge is 0.290 e. The first-order chi connectivity index (χ1) is 16.4. The largest absolute Gasteiger partial charge is 0.457 e. The maximum Gasteiger partial charge on any atom is 0.290 e. The molecule has 0 saturated heterocycles. The number of ether oxygens (including phenoxy) is 1. The molecule has 2 heterocycles. The lowest BCUT2D eigenvalue weighted by Crippen LogP contribution is -2.35. The van der Waals surface area contributed by atoms with Gasteiger partial charge in [-0.2, -0.15) is 0 Å². The molecular weight excluding hydrogens is 435 g/mol. The number of amides is 1. The highest BCUT2D eigenvalue weighted by molar-refractivity contribution is 5.99. The Labute approximate surface area is 195 Å². The van der Waals surface area contributed by atoms with Crippen molar-refractivity contribution in [1.82, 2.24) is 9.80 Å². The van der Waals surface area contributed by atoms with Crippen molar-refractivity contribution in [1.29, 1.82) is 0 Å². The van der Waals surface area contributed by atoms with Crippen molar-refractivity contribution in [2.45, 2.75) is 6.04 Å². The summed E-state index contributed by atoms with van der Waals surface area (Å²) in [7, 11) is 3.83. The zero-order chi connectivity index (χ0) is 23.8. The summed E-state index contributed by atoms with van der Waals surface area (Å²) in [6, 6.07) is 19.7. The van der Waals surface area contributed by atoms with Gasteiger partial charge in [0, 0.05) is 13.1 Å². The quantitative estimate of drug-likeness (QED) is 0.414. The molecular formula is C27H23FN2O4. The minimum absolute atomic E-state index is 0.00208. The van der Waals surface area contributed by atoms with Gasteiger partial charge in [0.1, 0.15) is 22.9 Å². The molecule has 1 aliphatic heterocycles. The molecule has 5 rings (SSSR count). The second-order valence-corrected chi connectivity index (χ2v) is 8.51. The summed E-state index contributed by atoms with van der Waals surface area (Å²) in [6.45, 7) is 0.980. The maximum atomic E-state index is 13.9. The second-order valence-electron chi connectivity index (χ2n) is 8.51. The summed E-state index contributed by atoms with van der Waals surface area (Å²) in [6.07, 6.45) is 0. The van der Waals surface area contributed by atoms with E-state index < -0.39 is 17.3 Å². The molecule has 0 fully saturated rings. The number of fused-ring (bicyclic) bond motifs is 2. The van der Waals surface area contributed by atoms with E-state index in [1.54, 1.807) is 4.90 Å². The number of benzene rings is 3. The molecule has 0 aliphatic carbocycles. The molecule has 1 unspecified atom stereocenters. The Hall–Kier alpha value is -3.97. The summed E-state index contributed by atoms with van der Waals surface area (Å²) in [5.74, 6) is 0.353. The van der Waals surface area contributed by atoms with Gasteiger partial charge in [0.2, 0.25) is 5.76 Å². The van der Waals surface area contributed by atoms with Gasteiger partial charge in [-0.05, 0) is 62.1 Å². The molecule has 6 nitrogen and oxygen atoms in total. The highest BCUT2D eigenvalue weighted by Crippen LogP contribution is 2.39. The molecule has 0 saturated carbocycles. The standard InChI is InChI=1S/C27H23FN2O4/c1-29(2)13-14-30-24(17-7-6-10-20(15-17)33-19-8-4-3-5-9-19)23-25(31)21-16-18(28)11-12-22(21)34-26(23)27(30)32/h3-12,15-16,24H,13-14H2,1-2H3. The van der Waals surface area contributed by atoms with Crippen LogP contribution in [-0.4, -0.2) is 42.9 Å². The van der Waals surface area contributed by atoms with E-state index in [1.807, 2.05) is 73.6 Å². The zero-order valence-corrected chi connectivity index (χ0v) is 18.8. The van der Waals surface area contributed by atoms with Gasteiger partial charge in [-0.25, -0.2) is 4.39 Å². The Morgan fingerprint density at radius 3 is 2.50 bits per heavy atom. The predicted octanol–water partition coefficient (Wildman–Crippen LogP) is 4.83. The molecule has 0 spiro atoms. The van der Waals surface area contributed by atoms with Gasteiger partial charge in [0.25, 0.3) is 5.91 Å². The maximum absolute atomic E-state index is 13.9. The average molecular weight is 458 g/mol. The Balaban J connectivity index is 1.64. The van der Waals surface area contributed by atoms with Crippen molar-refractivity contribution >= 4 is 16.9 Å². The fraction of sp³-hybridized carbons (Fsp3) is 0.185. The van der Waals surface area contributed by atoms with E-state index in [0.29, 0.717) is 30.2 Å². The van der Waals surface area contributed by atoms with Crippen molar-refractivity contribution < 1.29 is 18.3 Å². The van der Waals surface area contributed by atoms with Crippen molar-refractivity contribution in [2.75, 3.05) is 27.2 Å². The van der Waals surface area contributed by atoms with E-state index in [9.17, 15) is 14.0 Å². The minimum Gasteiger partial charge on any atom is -0.457 e. The van der Waals surface area contributed by atoms with Crippen LogP contribution < -0.4 is 10.2 Å². The number of para-hydroxylation sites is 1. The lowest BCUT2D eigenvalue weighted by Gasteiger charge is -2.26. The Morgan fingerprint density at radius 2 is 1.74 bits per heavy atom. The van der Waals surface area contributed by atoms with E-state index in [0.717, 1.165) is 6.07 Å². The number of carbonyl (C=O) groups excluding carboxylic acids is 1. The topological polar surface area (TPSA) is 63.0 Å². The van der Waals surface area contributed by atoms with Crippen LogP contribution >= 0.6 is 0 Å². The molecule has 1 atom stereocenters. The van der Waals surface area contributed by atoms with Gasteiger partial charge in [-0.1, -0.05) is 30.3 Å². The summed E-state index contributed by atoms with van der Waals surface area (Å²) in [4.78, 5) is 30.5. The average Bonchev–Trinajstić information content (AvgIpc) is 3.11. The van der Waals surface area contributed by atoms with Crippen LogP contribution in [0.2, 0.25) is 0 Å². The van der Waals surface area contributed by atoms with Gasteiger partial charge in [-0.15, -0.1) is 0 Å². The van der Waals surface area contributed by atoms with Crippen LogP contribution in [0.25, 0.3) is 11.0 Å². The Bertz CT molecular complexity index is 1430. The van der Waals surface area contributed by atoms with E-state index in [4.69, 9.17) is 9.15 Å². The molecule has 0 bridgehead atoms. The molecule has 1 amide bonds. The van der Waals surface area contributed by atoms with E-state index >= 15 is 0 Å². The molecule has 1 aromatic heterocycles. The molecule has 0 radical (unpaired) electrons. The SMILES string of the molecule is CN(C)CCN1C(=O)c2oc3ccc(F)cc3c(=O)c2C1c1cccc(Oc2ccccc2)c1. The van der Waals surface area contributed by atoms with Crippen molar-refractivity contribution in [2.24, 2.45) is 0 Å². The van der Waals surface area contributed by atoms with Crippen molar-refractivity contribution in [3.05, 3.63) is 106 Å². The monoisotopic (exact) mass is 458 g/mol. The number of halogens is 1. The van der Waals surface area contributed by atoms with Gasteiger partial charge in [-0.3, -0.25) is 9.59 Å². The van der Waals surface area contributed by atoms with Crippen LogP contribution in [0.1, 0.15) is 27.7 Å². The number of likely N-dealkylation sites (N-methyl/N-ethyl adjacent to an activating group) is 1. The van der Waals surface area contributed by atoms with Crippen LogP contribution in [0.15, 0.2) is 82.0 Å². The first-order valence-corrected chi connectivity index (χ1v) is 11.0. The number of rotatable bonds is 6. The number of hydrogen-bond donors (Lipinski definition) is 0. The van der Waals surface area contributed by atoms with Crippen LogP contribution in [0, 0.1) is 5.82 Å². The van der Waals surface area contributed by atoms with Gasteiger partial charge >= 0.3 is 0 Å². The lowest BCUT2D eigenvalue weighted by atomic mass is 9.98. The van der Waals surface area contributed by atoms with Crippen LogP contribution in [0.5, 0.6) is 11.5 Å². The summed E-state index contributed by atoms with van der Waals surface area (Å²) >= 11 is 0. The first-order valence-electron chi connectivity index (χ1n) is 11.0. The first kappa shape index (κ1) is 21.9. The van der Waals surface area contributed by atoms with Gasteiger partial charge < -0.3 is 19.0 Å². The third-order valence-corrected chi connectivity index (χ3v) is 5.87. The number of nitrogens with zero attached hydrogens (tertiary/aromatic N) is 2. The highest BCUT2D eigenvalue weighted by atomic mass is 19.1. The lowest BCUT2D eigenvalue weighted by molar-refractivity contribution is 0.0716. The third-order valence-electron chi connectivity index (χ3n) is 5.87. The second kappa shape index (κ2) is 8.76. The van der Waals surface area contributed by atoms with E-state index in [2.05, 4.69) is 0 Å². The normalized spacial score (nSPS) is 15.2. The predicted molar refractivity (Wildman–Crippen MR) is 127 cm³/mol. The van der Waals surface area contributed by atoms with Gasteiger partial charge in [0.05, 0.1) is 17.0 Å². The zero-order valence-electron chi connectivity index (χ0n) is 18.8. The summed E-state index contributed by atoms with van der Waals surface area (Å²) in [5, 5.41) is 0.114. The Kier molecular flexibility index (Phi) is 5.63. The molecule has 4 aromatic rings. The van der Waals surface area contributed by atoms with E-state index in [-0.39, 0.29) is 28.2 Å². The van der Waals surface area contributed by atoms with Crippen LogP contribution in [0.4, 0.5) is 4.39 Å². The third kappa shape index (κ3) is 3.95. The van der Waals surface area contributed by atoms with Crippen LogP contribution in [-0.2, 0) is 0 Å². The van der Waals surface area contributed by atoms with Gasteiger partial charge in [0.15, 0.2) is 5.43 Å². The molecule has 3 aromatic carbocycles. The van der Waals surface area contributed by atoms with E-state index in [1.165, 1.54) is 12.1 Å². The molecule has 0 N–H and O–H groups in total. The Morgan fingerprint density at radius 1 is 0.971 bits per heavy atom. The summed E-state index contributed by atoms with van der Waals surface area (Å²) < 4.78 is 25.8. The number of hydrogen-bond acceptors (Lipinski definition) is 5.